The smallest absolute Gasteiger partial charge is 0.141 e. The summed E-state index contributed by atoms with van der Waals surface area (Å²) in [5.74, 6) is -0.361. The summed E-state index contributed by atoms with van der Waals surface area (Å²) in [6.07, 6.45) is 0.877. The second kappa shape index (κ2) is 6.51. The van der Waals surface area contributed by atoms with Crippen LogP contribution in [0.25, 0.3) is 0 Å². The Bertz CT molecular complexity index is 455. The van der Waals surface area contributed by atoms with Gasteiger partial charge in [0.2, 0.25) is 0 Å². The lowest BCUT2D eigenvalue weighted by Crippen LogP contribution is -2.45. The molecule has 2 nitrogen and oxygen atoms in total. The fourth-order valence-corrected chi connectivity index (χ4v) is 2.69. The first-order chi connectivity index (χ1) is 9.08. The summed E-state index contributed by atoms with van der Waals surface area (Å²) in [6.45, 7) is 10.00. The predicted molar refractivity (Wildman–Crippen MR) is 78.0 cm³/mol. The predicted octanol–water partition coefficient (Wildman–Crippen LogP) is 3.39. The lowest BCUT2D eigenvalue weighted by Gasteiger charge is -2.35. The van der Waals surface area contributed by atoms with E-state index in [1.165, 1.54) is 6.07 Å². The largest absolute Gasteiger partial charge is 0.314 e. The van der Waals surface area contributed by atoms with Crippen LogP contribution in [0, 0.1) is 5.82 Å². The normalized spacial score (nSPS) is 18.3. The van der Waals surface area contributed by atoms with Crippen molar-refractivity contribution in [1.82, 2.24) is 10.2 Å². The average molecular weight is 283 g/mol. The number of hydrogen-bond acceptors (Lipinski definition) is 2. The number of rotatable bonds is 4. The van der Waals surface area contributed by atoms with Crippen LogP contribution < -0.4 is 5.32 Å². The summed E-state index contributed by atoms with van der Waals surface area (Å²) < 4.78 is 13.3. The fraction of sp³-hybridized carbons (Fsp3) is 0.467. The fourth-order valence-electron chi connectivity index (χ4n) is 2.50. The molecular formula is C15H20ClFN2. The second-order valence-electron chi connectivity index (χ2n) is 5.14. The Morgan fingerprint density at radius 2 is 2.16 bits per heavy atom. The summed E-state index contributed by atoms with van der Waals surface area (Å²) in [5, 5.41) is 3.54. The van der Waals surface area contributed by atoms with Crippen LogP contribution in [0.4, 0.5) is 4.39 Å². The van der Waals surface area contributed by atoms with Crippen LogP contribution in [0.15, 0.2) is 30.4 Å². The molecule has 0 aliphatic carbocycles. The SMILES string of the molecule is C=C(C)C[C@@H](c1ccc(F)c(Cl)c1)N1CCNCC1. The van der Waals surface area contributed by atoms with Crippen molar-refractivity contribution in [2.75, 3.05) is 26.2 Å². The maximum atomic E-state index is 13.3. The van der Waals surface area contributed by atoms with Crippen molar-refractivity contribution < 1.29 is 4.39 Å². The Morgan fingerprint density at radius 3 is 2.74 bits per heavy atom. The van der Waals surface area contributed by atoms with E-state index in [1.54, 1.807) is 6.07 Å². The van der Waals surface area contributed by atoms with E-state index in [9.17, 15) is 4.39 Å². The maximum Gasteiger partial charge on any atom is 0.141 e. The van der Waals surface area contributed by atoms with Crippen LogP contribution in [-0.4, -0.2) is 31.1 Å². The third-order valence-corrected chi connectivity index (χ3v) is 3.75. The molecule has 0 radical (unpaired) electrons. The van der Waals surface area contributed by atoms with Crippen molar-refractivity contribution in [3.63, 3.8) is 0 Å². The highest BCUT2D eigenvalue weighted by Gasteiger charge is 2.22. The van der Waals surface area contributed by atoms with Crippen LogP contribution in [0.1, 0.15) is 24.9 Å². The quantitative estimate of drug-likeness (QED) is 0.852. The molecule has 0 spiro atoms. The van der Waals surface area contributed by atoms with Gasteiger partial charge in [0.1, 0.15) is 5.82 Å². The zero-order chi connectivity index (χ0) is 13.8. The Labute approximate surface area is 119 Å². The molecule has 1 fully saturated rings. The Kier molecular flexibility index (Phi) is 4.97. The van der Waals surface area contributed by atoms with Crippen molar-refractivity contribution in [1.29, 1.82) is 0 Å². The summed E-state index contributed by atoms with van der Waals surface area (Å²) >= 11 is 5.91. The molecule has 0 bridgehead atoms. The Balaban J connectivity index is 2.24. The van der Waals surface area contributed by atoms with E-state index >= 15 is 0 Å². The summed E-state index contributed by atoms with van der Waals surface area (Å²) in [5.41, 5.74) is 2.19. The van der Waals surface area contributed by atoms with E-state index in [0.29, 0.717) is 0 Å². The van der Waals surface area contributed by atoms with E-state index in [0.717, 1.165) is 43.7 Å². The second-order valence-corrected chi connectivity index (χ2v) is 5.54. The highest BCUT2D eigenvalue weighted by molar-refractivity contribution is 6.30. The van der Waals surface area contributed by atoms with Crippen LogP contribution in [-0.2, 0) is 0 Å². The summed E-state index contributed by atoms with van der Waals surface area (Å²) in [4.78, 5) is 2.41. The molecule has 1 atom stereocenters. The van der Waals surface area contributed by atoms with Gasteiger partial charge in [-0.2, -0.15) is 0 Å². The first-order valence-corrected chi connectivity index (χ1v) is 7.00. The molecule has 1 saturated heterocycles. The molecule has 1 aromatic rings. The van der Waals surface area contributed by atoms with Gasteiger partial charge >= 0.3 is 0 Å². The van der Waals surface area contributed by atoms with Crippen molar-refractivity contribution >= 4 is 11.6 Å². The summed E-state index contributed by atoms with van der Waals surface area (Å²) in [7, 11) is 0. The van der Waals surface area contributed by atoms with Gasteiger partial charge in [0.05, 0.1) is 5.02 Å². The first-order valence-electron chi connectivity index (χ1n) is 6.62. The average Bonchev–Trinajstić information content (AvgIpc) is 2.40. The highest BCUT2D eigenvalue weighted by atomic mass is 35.5. The number of benzene rings is 1. The van der Waals surface area contributed by atoms with Crippen molar-refractivity contribution in [3.05, 3.63) is 46.8 Å². The maximum absolute atomic E-state index is 13.3. The number of nitrogens with one attached hydrogen (secondary N) is 1. The van der Waals surface area contributed by atoms with E-state index in [4.69, 9.17) is 11.6 Å². The molecule has 2 rings (SSSR count). The standard InChI is InChI=1S/C15H20ClFN2/c1-11(2)9-15(19-7-5-18-6-8-19)12-3-4-14(17)13(16)10-12/h3-4,10,15,18H,1,5-9H2,2H3/t15-/m0/s1. The number of nitrogens with zero attached hydrogens (tertiary/aromatic N) is 1. The molecule has 1 aliphatic heterocycles. The minimum Gasteiger partial charge on any atom is -0.314 e. The molecule has 19 heavy (non-hydrogen) atoms. The number of halogens is 2. The van der Waals surface area contributed by atoms with E-state index in [-0.39, 0.29) is 16.9 Å². The summed E-state index contributed by atoms with van der Waals surface area (Å²) in [6, 6.07) is 5.26. The van der Waals surface area contributed by atoms with Crippen molar-refractivity contribution in [2.24, 2.45) is 0 Å². The van der Waals surface area contributed by atoms with Crippen LogP contribution in [0.5, 0.6) is 0 Å². The van der Waals surface area contributed by atoms with Gasteiger partial charge in [0.15, 0.2) is 0 Å². The van der Waals surface area contributed by atoms with E-state index < -0.39 is 0 Å². The molecule has 0 amide bonds. The van der Waals surface area contributed by atoms with E-state index in [2.05, 4.69) is 16.8 Å². The van der Waals surface area contributed by atoms with Crippen molar-refractivity contribution in [3.8, 4) is 0 Å². The van der Waals surface area contributed by atoms with Gasteiger partial charge in [-0.05, 0) is 31.0 Å². The van der Waals surface area contributed by atoms with Crippen LogP contribution >= 0.6 is 11.6 Å². The molecule has 104 valence electrons. The zero-order valence-corrected chi connectivity index (χ0v) is 12.0. The molecule has 1 N–H and O–H groups in total. The monoisotopic (exact) mass is 282 g/mol. The Hall–Kier alpha value is -0.900. The van der Waals surface area contributed by atoms with E-state index in [1.807, 2.05) is 13.0 Å². The lowest BCUT2D eigenvalue weighted by atomic mass is 9.98. The zero-order valence-electron chi connectivity index (χ0n) is 11.3. The van der Waals surface area contributed by atoms with Gasteiger partial charge in [-0.1, -0.05) is 23.2 Å². The van der Waals surface area contributed by atoms with Gasteiger partial charge < -0.3 is 5.32 Å². The number of hydrogen-bond donors (Lipinski definition) is 1. The third-order valence-electron chi connectivity index (χ3n) is 3.46. The number of piperazine rings is 1. The molecule has 1 aromatic carbocycles. The highest BCUT2D eigenvalue weighted by Crippen LogP contribution is 2.30. The molecule has 1 aliphatic rings. The van der Waals surface area contributed by atoms with Crippen molar-refractivity contribution in [2.45, 2.75) is 19.4 Å². The molecule has 0 saturated carbocycles. The minimum absolute atomic E-state index is 0.194. The van der Waals surface area contributed by atoms with Gasteiger partial charge in [-0.25, -0.2) is 4.39 Å². The van der Waals surface area contributed by atoms with Crippen LogP contribution in [0.2, 0.25) is 5.02 Å². The molecule has 4 heteroatoms. The van der Waals surface area contributed by atoms with Gasteiger partial charge in [-0.15, -0.1) is 6.58 Å². The van der Waals surface area contributed by atoms with Gasteiger partial charge in [0.25, 0.3) is 0 Å². The topological polar surface area (TPSA) is 15.3 Å². The third kappa shape index (κ3) is 3.78. The molecule has 1 heterocycles. The van der Waals surface area contributed by atoms with Gasteiger partial charge in [-0.3, -0.25) is 4.90 Å². The van der Waals surface area contributed by atoms with Gasteiger partial charge in [0, 0.05) is 32.2 Å². The van der Waals surface area contributed by atoms with Crippen LogP contribution in [0.3, 0.4) is 0 Å². The molecular weight excluding hydrogens is 263 g/mol. The molecule has 0 aromatic heterocycles. The molecule has 0 unspecified atom stereocenters. The minimum atomic E-state index is -0.361. The Morgan fingerprint density at radius 1 is 1.47 bits per heavy atom. The lowest BCUT2D eigenvalue weighted by molar-refractivity contribution is 0.172. The first kappa shape index (κ1) is 14.5.